The van der Waals surface area contributed by atoms with Crippen LogP contribution in [0, 0.1) is 0 Å². The lowest BCUT2D eigenvalue weighted by Gasteiger charge is -2.13. The van der Waals surface area contributed by atoms with E-state index < -0.39 is 0 Å². The minimum atomic E-state index is -0.318. The number of unbranched alkanes of at least 4 members (excludes halogenated alkanes) is 1. The van der Waals surface area contributed by atoms with Crippen LogP contribution in [0.1, 0.15) is 49.9 Å². The van der Waals surface area contributed by atoms with Crippen molar-refractivity contribution in [2.45, 2.75) is 39.5 Å². The number of rotatable bonds is 9. The maximum Gasteiger partial charge on any atom is 0.259 e. The van der Waals surface area contributed by atoms with E-state index in [0.29, 0.717) is 40.7 Å². The maximum absolute atomic E-state index is 12.7. The Hall–Kier alpha value is -2.53. The molecule has 0 unspecified atom stereocenters. The number of carbonyl (C=O) groups is 2. The van der Waals surface area contributed by atoms with Gasteiger partial charge < -0.3 is 15.4 Å². The molecule has 0 aliphatic carbocycles. The summed E-state index contributed by atoms with van der Waals surface area (Å²) in [5.41, 5.74) is 1.45. The van der Waals surface area contributed by atoms with E-state index in [4.69, 9.17) is 16.3 Å². The van der Waals surface area contributed by atoms with Crippen LogP contribution in [0.25, 0.3) is 0 Å². The Morgan fingerprint density at radius 1 is 1.04 bits per heavy atom. The highest BCUT2D eigenvalue weighted by atomic mass is 35.5. The summed E-state index contributed by atoms with van der Waals surface area (Å²) in [6.07, 6.45) is 3.13. The molecule has 0 aromatic heterocycles. The van der Waals surface area contributed by atoms with Crippen molar-refractivity contribution >= 4 is 34.8 Å². The van der Waals surface area contributed by atoms with Gasteiger partial charge in [0, 0.05) is 12.1 Å². The lowest BCUT2D eigenvalue weighted by Crippen LogP contribution is -2.15. The minimum absolute atomic E-state index is 0.0771. The van der Waals surface area contributed by atoms with E-state index in [0.717, 1.165) is 19.3 Å². The van der Waals surface area contributed by atoms with Crippen molar-refractivity contribution in [1.29, 1.82) is 0 Å². The molecule has 0 saturated carbocycles. The van der Waals surface area contributed by atoms with Crippen LogP contribution >= 0.6 is 11.6 Å². The Morgan fingerprint density at radius 2 is 1.81 bits per heavy atom. The summed E-state index contributed by atoms with van der Waals surface area (Å²) >= 11 is 6.21. The monoisotopic (exact) mass is 388 g/mol. The molecule has 0 spiro atoms. The van der Waals surface area contributed by atoms with Crippen molar-refractivity contribution in [2.75, 3.05) is 17.2 Å². The Labute approximate surface area is 165 Å². The zero-order chi connectivity index (χ0) is 19.6. The van der Waals surface area contributed by atoms with E-state index in [-0.39, 0.29) is 11.8 Å². The molecule has 0 aliphatic heterocycles. The third kappa shape index (κ3) is 6.29. The molecule has 2 aromatic carbocycles. The summed E-state index contributed by atoms with van der Waals surface area (Å²) in [6.45, 7) is 4.57. The number of amides is 2. The molecular formula is C21H25ClN2O3. The zero-order valence-corrected chi connectivity index (χ0v) is 16.4. The fourth-order valence-electron chi connectivity index (χ4n) is 2.45. The molecule has 0 saturated heterocycles. The van der Waals surface area contributed by atoms with Gasteiger partial charge in [0.05, 0.1) is 22.9 Å². The number of halogens is 1. The molecule has 144 valence electrons. The molecule has 5 nitrogen and oxygen atoms in total. The summed E-state index contributed by atoms with van der Waals surface area (Å²) in [6, 6.07) is 12.1. The van der Waals surface area contributed by atoms with Crippen LogP contribution in [0.2, 0.25) is 5.02 Å². The first-order valence-electron chi connectivity index (χ1n) is 9.17. The number of para-hydroxylation sites is 1. The number of benzene rings is 2. The summed E-state index contributed by atoms with van der Waals surface area (Å²) in [4.78, 5) is 24.5. The van der Waals surface area contributed by atoms with Crippen LogP contribution in [0.3, 0.4) is 0 Å². The van der Waals surface area contributed by atoms with Gasteiger partial charge in [-0.15, -0.1) is 0 Å². The highest BCUT2D eigenvalue weighted by Gasteiger charge is 2.14. The molecular weight excluding hydrogens is 364 g/mol. The third-order valence-electron chi connectivity index (χ3n) is 3.86. The van der Waals surface area contributed by atoms with Crippen molar-refractivity contribution in [3.05, 3.63) is 53.1 Å². The number of ether oxygens (including phenoxy) is 1. The Morgan fingerprint density at radius 3 is 2.56 bits per heavy atom. The second-order valence-electron chi connectivity index (χ2n) is 6.15. The lowest BCUT2D eigenvalue weighted by molar-refractivity contribution is -0.116. The second kappa shape index (κ2) is 10.6. The topological polar surface area (TPSA) is 67.4 Å². The van der Waals surface area contributed by atoms with Crippen molar-refractivity contribution in [3.8, 4) is 5.75 Å². The van der Waals surface area contributed by atoms with E-state index >= 15 is 0 Å². The predicted octanol–water partition coefficient (Wildman–Crippen LogP) is 5.51. The first-order valence-corrected chi connectivity index (χ1v) is 9.55. The van der Waals surface area contributed by atoms with Crippen LogP contribution in [-0.4, -0.2) is 18.4 Å². The first-order chi connectivity index (χ1) is 13.0. The number of anilines is 2. The van der Waals surface area contributed by atoms with Crippen molar-refractivity contribution < 1.29 is 14.3 Å². The van der Waals surface area contributed by atoms with Gasteiger partial charge in [0.1, 0.15) is 5.75 Å². The number of hydrogen-bond donors (Lipinski definition) is 2. The van der Waals surface area contributed by atoms with Gasteiger partial charge >= 0.3 is 0 Å². The normalized spacial score (nSPS) is 10.3. The molecule has 2 amide bonds. The van der Waals surface area contributed by atoms with E-state index in [2.05, 4.69) is 17.6 Å². The predicted molar refractivity (Wildman–Crippen MR) is 110 cm³/mol. The highest BCUT2D eigenvalue weighted by molar-refractivity contribution is 6.34. The SMILES string of the molecule is CCCCOc1ccccc1C(=O)Nc1cc(NC(=O)CCC)ccc1Cl. The van der Waals surface area contributed by atoms with Crippen LogP contribution in [0.4, 0.5) is 11.4 Å². The van der Waals surface area contributed by atoms with E-state index in [1.165, 1.54) is 0 Å². The molecule has 0 fully saturated rings. The fraction of sp³-hybridized carbons (Fsp3) is 0.333. The minimum Gasteiger partial charge on any atom is -0.493 e. The maximum atomic E-state index is 12.7. The molecule has 2 rings (SSSR count). The van der Waals surface area contributed by atoms with Gasteiger partial charge in [0.25, 0.3) is 5.91 Å². The largest absolute Gasteiger partial charge is 0.493 e. The average Bonchev–Trinajstić information content (AvgIpc) is 2.65. The van der Waals surface area contributed by atoms with E-state index in [9.17, 15) is 9.59 Å². The molecule has 0 bridgehead atoms. The smallest absolute Gasteiger partial charge is 0.259 e. The van der Waals surface area contributed by atoms with Gasteiger partial charge in [-0.3, -0.25) is 9.59 Å². The van der Waals surface area contributed by atoms with Gasteiger partial charge in [0.15, 0.2) is 0 Å². The van der Waals surface area contributed by atoms with Crippen molar-refractivity contribution in [1.82, 2.24) is 0 Å². The molecule has 0 aliphatic rings. The van der Waals surface area contributed by atoms with Gasteiger partial charge in [-0.05, 0) is 43.2 Å². The molecule has 0 atom stereocenters. The summed E-state index contributed by atoms with van der Waals surface area (Å²) < 4.78 is 5.72. The Kier molecular flexibility index (Phi) is 8.14. The molecule has 0 radical (unpaired) electrons. The summed E-state index contributed by atoms with van der Waals surface area (Å²) in [5.74, 6) is 0.139. The number of hydrogen-bond acceptors (Lipinski definition) is 3. The fourth-order valence-corrected chi connectivity index (χ4v) is 2.61. The molecule has 27 heavy (non-hydrogen) atoms. The second-order valence-corrected chi connectivity index (χ2v) is 6.55. The third-order valence-corrected chi connectivity index (χ3v) is 4.19. The van der Waals surface area contributed by atoms with Crippen molar-refractivity contribution in [2.24, 2.45) is 0 Å². The van der Waals surface area contributed by atoms with Crippen LogP contribution in [-0.2, 0) is 4.79 Å². The molecule has 2 N–H and O–H groups in total. The zero-order valence-electron chi connectivity index (χ0n) is 15.7. The van der Waals surface area contributed by atoms with Gasteiger partial charge in [-0.1, -0.05) is 44.0 Å². The summed E-state index contributed by atoms with van der Waals surface area (Å²) in [5, 5.41) is 5.99. The van der Waals surface area contributed by atoms with E-state index in [1.54, 1.807) is 36.4 Å². The Balaban J connectivity index is 2.14. The van der Waals surface area contributed by atoms with Crippen LogP contribution < -0.4 is 15.4 Å². The standard InChI is InChI=1S/C21H25ClN2O3/c1-3-5-13-27-19-10-7-6-9-16(19)21(26)24-18-14-15(11-12-17(18)22)23-20(25)8-4-2/h6-7,9-12,14H,3-5,8,13H2,1-2H3,(H,23,25)(H,24,26). The first kappa shape index (κ1) is 20.8. The van der Waals surface area contributed by atoms with E-state index in [1.807, 2.05) is 13.0 Å². The average molecular weight is 389 g/mol. The number of nitrogens with one attached hydrogen (secondary N) is 2. The quantitative estimate of drug-likeness (QED) is 0.556. The van der Waals surface area contributed by atoms with Gasteiger partial charge in [-0.25, -0.2) is 0 Å². The van der Waals surface area contributed by atoms with Crippen LogP contribution in [0.15, 0.2) is 42.5 Å². The highest BCUT2D eigenvalue weighted by Crippen LogP contribution is 2.27. The number of carbonyl (C=O) groups excluding carboxylic acids is 2. The molecule has 6 heteroatoms. The van der Waals surface area contributed by atoms with Gasteiger partial charge in [0.2, 0.25) is 5.91 Å². The van der Waals surface area contributed by atoms with Gasteiger partial charge in [-0.2, -0.15) is 0 Å². The Bertz CT molecular complexity index is 793. The summed E-state index contributed by atoms with van der Waals surface area (Å²) in [7, 11) is 0. The van der Waals surface area contributed by atoms with Crippen LogP contribution in [0.5, 0.6) is 5.75 Å². The molecule has 2 aromatic rings. The van der Waals surface area contributed by atoms with Crippen molar-refractivity contribution in [3.63, 3.8) is 0 Å². The lowest BCUT2D eigenvalue weighted by atomic mass is 10.1. The molecule has 0 heterocycles.